The summed E-state index contributed by atoms with van der Waals surface area (Å²) in [6.45, 7) is 2.92. The third-order valence-electron chi connectivity index (χ3n) is 4.22. The summed E-state index contributed by atoms with van der Waals surface area (Å²) in [6, 6.07) is 19.2. The molecule has 8 heteroatoms. The van der Waals surface area contributed by atoms with Crippen LogP contribution in [0.5, 0.6) is 11.5 Å². The highest BCUT2D eigenvalue weighted by Gasteiger charge is 2.11. The first-order valence-corrected chi connectivity index (χ1v) is 9.84. The molecule has 0 spiro atoms. The van der Waals surface area contributed by atoms with Crippen molar-refractivity contribution in [3.8, 4) is 23.1 Å². The maximum absolute atomic E-state index is 5.95. The quantitative estimate of drug-likeness (QED) is 0.318. The number of aromatic amines is 1. The predicted octanol–water partition coefficient (Wildman–Crippen LogP) is 5.06. The molecule has 2 heterocycles. The van der Waals surface area contributed by atoms with Gasteiger partial charge in [-0.2, -0.15) is 9.78 Å². The average molecular weight is 420 g/mol. The maximum Gasteiger partial charge on any atom is 0.219 e. The summed E-state index contributed by atoms with van der Waals surface area (Å²) in [5, 5.41) is 11.4. The van der Waals surface area contributed by atoms with E-state index in [1.165, 1.54) is 4.68 Å². The first-order valence-electron chi connectivity index (χ1n) is 9.44. The normalized spacial score (nSPS) is 11.1. The molecule has 0 fully saturated rings. The molecule has 0 radical (unpaired) electrons. The number of hydrogen-bond donors (Lipinski definition) is 1. The molecule has 7 nitrogen and oxygen atoms in total. The highest BCUT2D eigenvalue weighted by atomic mass is 32.1. The second kappa shape index (κ2) is 9.23. The minimum atomic E-state index is 0.366. The summed E-state index contributed by atoms with van der Waals surface area (Å²) < 4.78 is 19.0. The Balaban J connectivity index is 1.56. The summed E-state index contributed by atoms with van der Waals surface area (Å²) in [5.74, 6) is 2.39. The number of rotatable bonds is 8. The lowest BCUT2D eigenvalue weighted by molar-refractivity contribution is 0.269. The molecule has 0 bridgehead atoms. The van der Waals surface area contributed by atoms with Crippen molar-refractivity contribution < 1.29 is 13.9 Å². The van der Waals surface area contributed by atoms with Crippen molar-refractivity contribution in [3.05, 3.63) is 82.8 Å². The first kappa shape index (κ1) is 19.7. The highest BCUT2D eigenvalue weighted by molar-refractivity contribution is 7.71. The van der Waals surface area contributed by atoms with Crippen molar-refractivity contribution in [2.24, 2.45) is 5.10 Å². The summed E-state index contributed by atoms with van der Waals surface area (Å²) >= 11 is 5.28. The van der Waals surface area contributed by atoms with E-state index in [2.05, 4.69) is 15.3 Å². The number of ether oxygens (including phenoxy) is 2. The summed E-state index contributed by atoms with van der Waals surface area (Å²) in [6.07, 6.45) is 3.25. The van der Waals surface area contributed by atoms with Gasteiger partial charge in [0.2, 0.25) is 10.6 Å². The first-order chi connectivity index (χ1) is 14.7. The number of nitrogens with one attached hydrogen (secondary N) is 1. The lowest BCUT2D eigenvalue weighted by atomic mass is 10.2. The molecule has 0 aliphatic heterocycles. The zero-order valence-electron chi connectivity index (χ0n) is 16.3. The van der Waals surface area contributed by atoms with Gasteiger partial charge in [0, 0.05) is 0 Å². The van der Waals surface area contributed by atoms with Crippen molar-refractivity contribution >= 4 is 18.4 Å². The Hall–Kier alpha value is -3.65. The van der Waals surface area contributed by atoms with E-state index in [0.29, 0.717) is 41.1 Å². The molecule has 0 amide bonds. The third kappa shape index (κ3) is 4.49. The highest BCUT2D eigenvalue weighted by Crippen LogP contribution is 2.29. The lowest BCUT2D eigenvalue weighted by Crippen LogP contribution is -2.01. The van der Waals surface area contributed by atoms with Crippen molar-refractivity contribution in [2.75, 3.05) is 6.61 Å². The fourth-order valence-electron chi connectivity index (χ4n) is 2.82. The minimum Gasteiger partial charge on any atom is -0.490 e. The molecule has 152 valence electrons. The molecule has 1 N–H and O–H groups in total. The van der Waals surface area contributed by atoms with Gasteiger partial charge in [0.15, 0.2) is 17.3 Å². The van der Waals surface area contributed by atoms with E-state index in [-0.39, 0.29) is 0 Å². The van der Waals surface area contributed by atoms with Gasteiger partial charge in [-0.1, -0.05) is 30.3 Å². The second-order valence-electron chi connectivity index (χ2n) is 6.30. The summed E-state index contributed by atoms with van der Waals surface area (Å²) in [7, 11) is 0. The zero-order valence-corrected chi connectivity index (χ0v) is 17.1. The SMILES string of the molecule is CCOc1cc(/C=N\n2c(-c3ccco3)n[nH]c2=S)ccc1OCc1ccccc1. The summed E-state index contributed by atoms with van der Waals surface area (Å²) in [5.41, 5.74) is 1.92. The smallest absolute Gasteiger partial charge is 0.219 e. The van der Waals surface area contributed by atoms with Crippen LogP contribution < -0.4 is 9.47 Å². The molecule has 30 heavy (non-hydrogen) atoms. The van der Waals surface area contributed by atoms with Crippen LogP contribution in [0.3, 0.4) is 0 Å². The molecular formula is C22H20N4O3S. The van der Waals surface area contributed by atoms with Crippen LogP contribution in [0.2, 0.25) is 0 Å². The van der Waals surface area contributed by atoms with Crippen molar-refractivity contribution in [1.82, 2.24) is 14.9 Å². The Morgan fingerprint density at radius 2 is 1.97 bits per heavy atom. The number of H-pyrrole nitrogens is 1. The van der Waals surface area contributed by atoms with Crippen molar-refractivity contribution in [2.45, 2.75) is 13.5 Å². The topological polar surface area (TPSA) is 77.6 Å². The maximum atomic E-state index is 5.95. The Morgan fingerprint density at radius 1 is 1.10 bits per heavy atom. The molecule has 0 aliphatic rings. The monoisotopic (exact) mass is 420 g/mol. The second-order valence-corrected chi connectivity index (χ2v) is 6.69. The van der Waals surface area contributed by atoms with Crippen LogP contribution in [0.4, 0.5) is 0 Å². The van der Waals surface area contributed by atoms with Crippen molar-refractivity contribution in [1.29, 1.82) is 0 Å². The van der Waals surface area contributed by atoms with Crippen LogP contribution in [-0.2, 0) is 6.61 Å². The van der Waals surface area contributed by atoms with Crippen LogP contribution in [0.25, 0.3) is 11.6 Å². The number of nitrogens with zero attached hydrogens (tertiary/aromatic N) is 3. The minimum absolute atomic E-state index is 0.366. The number of benzene rings is 2. The van der Waals surface area contributed by atoms with E-state index in [0.717, 1.165) is 11.1 Å². The predicted molar refractivity (Wildman–Crippen MR) is 116 cm³/mol. The Kier molecular flexibility index (Phi) is 6.05. The molecule has 4 aromatic rings. The molecule has 0 aliphatic carbocycles. The zero-order chi connectivity index (χ0) is 20.8. The summed E-state index contributed by atoms with van der Waals surface area (Å²) in [4.78, 5) is 0. The van der Waals surface area contributed by atoms with E-state index >= 15 is 0 Å². The van der Waals surface area contributed by atoms with E-state index < -0.39 is 0 Å². The van der Waals surface area contributed by atoms with Gasteiger partial charge in [0.05, 0.1) is 19.1 Å². The average Bonchev–Trinajstić information content (AvgIpc) is 3.42. The number of aromatic nitrogens is 3. The van der Waals surface area contributed by atoms with E-state index in [1.54, 1.807) is 24.6 Å². The van der Waals surface area contributed by atoms with Crippen LogP contribution in [0.15, 0.2) is 76.4 Å². The standard InChI is InChI=1S/C22H20N4O3S/c1-2-27-20-13-17(10-11-18(20)29-15-16-7-4-3-5-8-16)14-23-26-21(24-25-22(26)30)19-9-6-12-28-19/h3-14H,2,15H2,1H3,(H,25,30)/b23-14-. The fourth-order valence-corrected chi connectivity index (χ4v) is 3.00. The van der Waals surface area contributed by atoms with Gasteiger partial charge in [-0.25, -0.2) is 5.10 Å². The van der Waals surface area contributed by atoms with E-state index in [4.69, 9.17) is 26.1 Å². The number of hydrogen-bond acceptors (Lipinski definition) is 6. The largest absolute Gasteiger partial charge is 0.490 e. The van der Waals surface area contributed by atoms with Crippen LogP contribution >= 0.6 is 12.2 Å². The molecular weight excluding hydrogens is 400 g/mol. The number of furan rings is 1. The van der Waals surface area contributed by atoms with Gasteiger partial charge < -0.3 is 13.9 Å². The third-order valence-corrected chi connectivity index (χ3v) is 4.48. The van der Waals surface area contributed by atoms with Crippen LogP contribution in [-0.4, -0.2) is 27.7 Å². The van der Waals surface area contributed by atoms with Gasteiger partial charge >= 0.3 is 0 Å². The van der Waals surface area contributed by atoms with E-state index in [9.17, 15) is 0 Å². The molecule has 2 aromatic carbocycles. The van der Waals surface area contributed by atoms with Gasteiger partial charge in [-0.3, -0.25) is 0 Å². The fraction of sp³-hybridized carbons (Fsp3) is 0.136. The van der Waals surface area contributed by atoms with Gasteiger partial charge in [-0.05, 0) is 60.6 Å². The molecule has 0 unspecified atom stereocenters. The Morgan fingerprint density at radius 3 is 2.73 bits per heavy atom. The van der Waals surface area contributed by atoms with E-state index in [1.807, 2.05) is 55.5 Å². The molecule has 0 saturated heterocycles. The molecule has 0 saturated carbocycles. The van der Waals surface area contributed by atoms with Gasteiger partial charge in [-0.15, -0.1) is 5.10 Å². The van der Waals surface area contributed by atoms with Gasteiger partial charge in [0.1, 0.15) is 6.61 Å². The Bertz CT molecular complexity index is 1180. The van der Waals surface area contributed by atoms with Crippen molar-refractivity contribution in [3.63, 3.8) is 0 Å². The van der Waals surface area contributed by atoms with Crippen LogP contribution in [0, 0.1) is 4.77 Å². The lowest BCUT2D eigenvalue weighted by Gasteiger charge is -2.12. The van der Waals surface area contributed by atoms with Gasteiger partial charge in [0.25, 0.3) is 0 Å². The Labute approximate surface area is 178 Å². The van der Waals surface area contributed by atoms with Crippen LogP contribution in [0.1, 0.15) is 18.1 Å². The molecule has 4 rings (SSSR count). The molecule has 0 atom stereocenters. The molecule has 2 aromatic heterocycles.